The molecule has 6 aromatic carbocycles. The molecule has 0 amide bonds. The van der Waals surface area contributed by atoms with E-state index in [1.54, 1.807) is 22.3 Å². The molecule has 0 radical (unpaired) electrons. The summed E-state index contributed by atoms with van der Waals surface area (Å²) in [4.78, 5) is 2.68. The molecule has 0 aromatic heterocycles. The van der Waals surface area contributed by atoms with Crippen LogP contribution in [0.25, 0.3) is 33.0 Å². The maximum Gasteiger partial charge on any atom is 0.0543 e. The summed E-state index contributed by atoms with van der Waals surface area (Å²) in [7, 11) is 0. The molecule has 0 N–H and O–H groups in total. The first-order valence-corrected chi connectivity index (χ1v) is 21.0. The van der Waals surface area contributed by atoms with Gasteiger partial charge >= 0.3 is 0 Å². The second-order valence-corrected chi connectivity index (χ2v) is 18.5. The molecular weight excluding hydrogens is 639 g/mol. The molecule has 6 bridgehead atoms. The summed E-state index contributed by atoms with van der Waals surface area (Å²) in [5.41, 5.74) is 16.6. The summed E-state index contributed by atoms with van der Waals surface area (Å²) in [6.45, 7) is 0. The minimum absolute atomic E-state index is 0.134. The highest BCUT2D eigenvalue weighted by Gasteiger charge is 2.60. The zero-order valence-electron chi connectivity index (χ0n) is 30.6. The van der Waals surface area contributed by atoms with Crippen LogP contribution < -0.4 is 4.90 Å². The highest BCUT2D eigenvalue weighted by Crippen LogP contribution is 2.70. The first-order valence-electron chi connectivity index (χ1n) is 21.0. The van der Waals surface area contributed by atoms with E-state index >= 15 is 0 Å². The average molecular weight is 686 g/mol. The van der Waals surface area contributed by atoms with Crippen LogP contribution in [0, 0.1) is 35.5 Å². The van der Waals surface area contributed by atoms with Crippen LogP contribution >= 0.6 is 0 Å². The van der Waals surface area contributed by atoms with Crippen LogP contribution in [0.4, 0.5) is 17.1 Å². The van der Waals surface area contributed by atoms with Crippen molar-refractivity contribution in [3.05, 3.63) is 150 Å². The molecule has 0 aliphatic heterocycles. The van der Waals surface area contributed by atoms with Gasteiger partial charge in [0, 0.05) is 27.8 Å². The molecule has 1 nitrogen and oxygen atoms in total. The van der Waals surface area contributed by atoms with E-state index < -0.39 is 0 Å². The second kappa shape index (κ2) is 10.5. The minimum atomic E-state index is 0.134. The Morgan fingerprint density at radius 1 is 0.434 bits per heavy atom. The lowest BCUT2D eigenvalue weighted by molar-refractivity contribution is 0.0618. The maximum absolute atomic E-state index is 2.68. The lowest BCUT2D eigenvalue weighted by Gasteiger charge is -2.53. The number of anilines is 3. The van der Waals surface area contributed by atoms with Crippen LogP contribution in [0.15, 0.2) is 127 Å². The first-order chi connectivity index (χ1) is 26.2. The lowest BCUT2D eigenvalue weighted by atomic mass is 9.51. The fourth-order valence-corrected chi connectivity index (χ4v) is 14.8. The van der Waals surface area contributed by atoms with Gasteiger partial charge in [0.1, 0.15) is 0 Å². The van der Waals surface area contributed by atoms with Gasteiger partial charge < -0.3 is 4.90 Å². The first kappa shape index (κ1) is 29.8. The zero-order valence-corrected chi connectivity index (χ0v) is 30.6. The van der Waals surface area contributed by atoms with Gasteiger partial charge in [0.2, 0.25) is 0 Å². The molecule has 53 heavy (non-hydrogen) atoms. The molecule has 8 aliphatic rings. The second-order valence-electron chi connectivity index (χ2n) is 18.5. The molecule has 8 atom stereocenters. The smallest absolute Gasteiger partial charge is 0.0543 e. The van der Waals surface area contributed by atoms with Crippen LogP contribution in [-0.4, -0.2) is 0 Å². The normalized spacial score (nSPS) is 31.9. The zero-order chi connectivity index (χ0) is 34.5. The molecule has 8 aliphatic carbocycles. The monoisotopic (exact) mass is 685 g/mol. The van der Waals surface area contributed by atoms with Crippen LogP contribution in [0.3, 0.4) is 0 Å². The van der Waals surface area contributed by atoms with Crippen LogP contribution in [0.1, 0.15) is 86.5 Å². The highest BCUT2D eigenvalue weighted by atomic mass is 15.1. The van der Waals surface area contributed by atoms with Gasteiger partial charge in [-0.05, 0) is 167 Å². The maximum atomic E-state index is 2.68. The third-order valence-corrected chi connectivity index (χ3v) is 16.4. The summed E-state index contributed by atoms with van der Waals surface area (Å²) in [5, 5.41) is 2.60. The SMILES string of the molecule is c1ccc2c(c1)-c1ccc(N(c3ccc4ccccc4c3)c3cccc4c3-c3ccccc3C43C4CCC5CC(C4)CC3C5)cc1C21CC2CCC1C2. The molecule has 2 spiro atoms. The van der Waals surface area contributed by atoms with Gasteiger partial charge in [-0.25, -0.2) is 0 Å². The Kier molecular flexibility index (Phi) is 5.92. The van der Waals surface area contributed by atoms with E-state index in [1.807, 2.05) is 0 Å². The minimum Gasteiger partial charge on any atom is -0.310 e. The summed E-state index contributed by atoms with van der Waals surface area (Å²) < 4.78 is 0. The summed E-state index contributed by atoms with van der Waals surface area (Å²) in [5.74, 6) is 4.93. The quantitative estimate of drug-likeness (QED) is 0.179. The van der Waals surface area contributed by atoms with Gasteiger partial charge in [-0.1, -0.05) is 110 Å². The Morgan fingerprint density at radius 3 is 2.00 bits per heavy atom. The van der Waals surface area contributed by atoms with Crippen molar-refractivity contribution in [1.29, 1.82) is 0 Å². The van der Waals surface area contributed by atoms with Crippen molar-refractivity contribution in [2.75, 3.05) is 4.90 Å². The van der Waals surface area contributed by atoms with Gasteiger partial charge in [-0.15, -0.1) is 0 Å². The number of benzene rings is 6. The van der Waals surface area contributed by atoms with Crippen molar-refractivity contribution in [3.63, 3.8) is 0 Å². The van der Waals surface area contributed by atoms with Crippen molar-refractivity contribution >= 4 is 27.8 Å². The number of hydrogen-bond donors (Lipinski definition) is 0. The summed E-state index contributed by atoms with van der Waals surface area (Å²) >= 11 is 0. The predicted molar refractivity (Wildman–Crippen MR) is 218 cm³/mol. The highest BCUT2D eigenvalue weighted by molar-refractivity contribution is 5.98. The van der Waals surface area contributed by atoms with E-state index in [9.17, 15) is 0 Å². The van der Waals surface area contributed by atoms with E-state index in [1.165, 1.54) is 114 Å². The summed E-state index contributed by atoms with van der Waals surface area (Å²) in [6.07, 6.45) is 14.0. The molecule has 6 aromatic rings. The molecule has 6 saturated carbocycles. The van der Waals surface area contributed by atoms with Crippen molar-refractivity contribution in [2.24, 2.45) is 35.5 Å². The van der Waals surface area contributed by atoms with Gasteiger partial charge in [0.15, 0.2) is 0 Å². The molecule has 260 valence electrons. The number of hydrogen-bond acceptors (Lipinski definition) is 1. The molecule has 1 heteroatoms. The van der Waals surface area contributed by atoms with Crippen LogP contribution in [0.2, 0.25) is 0 Å². The standard InChI is InChI=1S/C52H47N/c1-2-9-36-29-40(21-18-35(36)8-1)53(41-22-23-43-42-10-3-5-12-45(42)51(48(43)30-41)31-33-17-19-37(51)26-33)49-15-7-14-47-50(49)44-11-4-6-13-46(44)52(47)38-20-16-32-24-34(27-38)28-39(52)25-32/h1-15,18,21-23,29-30,32-34,37-39H,16-17,19-20,24-28,31H2. The molecule has 8 unspecified atom stereocenters. The fourth-order valence-electron chi connectivity index (χ4n) is 14.8. The van der Waals surface area contributed by atoms with Crippen LogP contribution in [-0.2, 0) is 10.8 Å². The fraction of sp³-hybridized carbons (Fsp3) is 0.346. The van der Waals surface area contributed by atoms with Gasteiger partial charge in [-0.2, -0.15) is 0 Å². The Bertz CT molecular complexity index is 2500. The Balaban J connectivity index is 1.07. The largest absolute Gasteiger partial charge is 0.310 e. The van der Waals surface area contributed by atoms with Gasteiger partial charge in [0.05, 0.1) is 5.69 Å². The summed E-state index contributed by atoms with van der Waals surface area (Å²) in [6, 6.07) is 50.3. The van der Waals surface area contributed by atoms with E-state index in [4.69, 9.17) is 0 Å². The topological polar surface area (TPSA) is 3.24 Å². The Hall–Kier alpha value is -4.62. The third-order valence-electron chi connectivity index (χ3n) is 16.4. The van der Waals surface area contributed by atoms with E-state index in [2.05, 4.69) is 132 Å². The Morgan fingerprint density at radius 2 is 1.11 bits per heavy atom. The van der Waals surface area contributed by atoms with Crippen molar-refractivity contribution < 1.29 is 0 Å². The third kappa shape index (κ3) is 3.75. The number of nitrogens with zero attached hydrogens (tertiary/aromatic N) is 1. The van der Waals surface area contributed by atoms with Crippen LogP contribution in [0.5, 0.6) is 0 Å². The molecule has 6 fully saturated rings. The lowest BCUT2D eigenvalue weighted by Crippen LogP contribution is -2.48. The molecule has 14 rings (SSSR count). The van der Waals surface area contributed by atoms with Crippen molar-refractivity contribution in [1.82, 2.24) is 0 Å². The van der Waals surface area contributed by atoms with Crippen molar-refractivity contribution in [3.8, 4) is 22.3 Å². The molecule has 0 heterocycles. The van der Waals surface area contributed by atoms with E-state index in [0.717, 1.165) is 35.5 Å². The van der Waals surface area contributed by atoms with E-state index in [-0.39, 0.29) is 10.8 Å². The average Bonchev–Trinajstić information content (AvgIpc) is 3.92. The number of fused-ring (bicyclic) bond motifs is 13. The molecular formula is C52H47N. The van der Waals surface area contributed by atoms with E-state index in [0.29, 0.717) is 0 Å². The van der Waals surface area contributed by atoms with Gasteiger partial charge in [0.25, 0.3) is 0 Å². The molecule has 0 saturated heterocycles. The van der Waals surface area contributed by atoms with Gasteiger partial charge in [-0.3, -0.25) is 0 Å². The number of rotatable bonds is 3. The Labute approximate surface area is 314 Å². The predicted octanol–water partition coefficient (Wildman–Crippen LogP) is 13.5. The van der Waals surface area contributed by atoms with Crippen molar-refractivity contribution in [2.45, 2.75) is 75.0 Å².